The zero-order valence-electron chi connectivity index (χ0n) is 17.0. The van der Waals surface area contributed by atoms with Gasteiger partial charge in [-0.2, -0.15) is 0 Å². The van der Waals surface area contributed by atoms with Gasteiger partial charge in [-0.3, -0.25) is 24.5 Å². The van der Waals surface area contributed by atoms with E-state index in [1.54, 1.807) is 24.5 Å². The van der Waals surface area contributed by atoms with Crippen molar-refractivity contribution < 1.29 is 9.72 Å². The number of carbonyl (C=O) groups is 1. The van der Waals surface area contributed by atoms with Gasteiger partial charge in [-0.05, 0) is 37.3 Å². The minimum Gasteiger partial charge on any atom is -0.320 e. The fourth-order valence-electron chi connectivity index (χ4n) is 3.03. The average molecular weight is 446 g/mol. The van der Waals surface area contributed by atoms with Crippen LogP contribution in [0.15, 0.2) is 78.2 Å². The fourth-order valence-corrected chi connectivity index (χ4v) is 3.78. The number of amides is 1. The third-order valence-corrected chi connectivity index (χ3v) is 5.50. The lowest BCUT2D eigenvalue weighted by atomic mass is 10.2. The molecule has 2 aromatic heterocycles. The third-order valence-electron chi connectivity index (χ3n) is 4.57. The van der Waals surface area contributed by atoms with E-state index in [0.29, 0.717) is 11.0 Å². The molecule has 0 radical (unpaired) electrons. The maximum atomic E-state index is 12.5. The number of pyridine rings is 1. The first-order valence-corrected chi connectivity index (χ1v) is 10.6. The predicted molar refractivity (Wildman–Crippen MR) is 122 cm³/mol. The zero-order chi connectivity index (χ0) is 22.5. The zero-order valence-corrected chi connectivity index (χ0v) is 17.8. The first-order chi connectivity index (χ1) is 15.5. The summed E-state index contributed by atoms with van der Waals surface area (Å²) in [5.74, 6) is 0.248. The van der Waals surface area contributed by atoms with E-state index in [4.69, 9.17) is 0 Å². The number of thioether (sulfide) groups is 1. The quantitative estimate of drug-likeness (QED) is 0.256. The van der Waals surface area contributed by atoms with Crippen LogP contribution in [0.3, 0.4) is 0 Å². The van der Waals surface area contributed by atoms with Crippen molar-refractivity contribution in [1.82, 2.24) is 19.7 Å². The summed E-state index contributed by atoms with van der Waals surface area (Å²) in [6.07, 6.45) is 3.35. The van der Waals surface area contributed by atoms with Crippen molar-refractivity contribution in [3.8, 4) is 17.1 Å². The van der Waals surface area contributed by atoms with Gasteiger partial charge >= 0.3 is 0 Å². The Morgan fingerprint density at radius 2 is 1.78 bits per heavy atom. The Hall–Kier alpha value is -4.05. The van der Waals surface area contributed by atoms with E-state index in [1.807, 2.05) is 47.9 Å². The van der Waals surface area contributed by atoms with Crippen molar-refractivity contribution in [3.05, 3.63) is 88.7 Å². The molecule has 4 aromatic rings. The van der Waals surface area contributed by atoms with Gasteiger partial charge in [-0.25, -0.2) is 0 Å². The highest BCUT2D eigenvalue weighted by Crippen LogP contribution is 2.28. The Kier molecular flexibility index (Phi) is 6.22. The second-order valence-electron chi connectivity index (χ2n) is 6.82. The molecule has 160 valence electrons. The molecule has 0 aliphatic heterocycles. The van der Waals surface area contributed by atoms with Crippen molar-refractivity contribution >= 4 is 29.0 Å². The molecule has 0 aliphatic carbocycles. The van der Waals surface area contributed by atoms with Crippen LogP contribution in [0.2, 0.25) is 0 Å². The molecule has 0 atom stereocenters. The lowest BCUT2D eigenvalue weighted by molar-refractivity contribution is -0.383. The van der Waals surface area contributed by atoms with Gasteiger partial charge in [0, 0.05) is 29.7 Å². The molecular formula is C22H18N6O3S. The molecule has 32 heavy (non-hydrogen) atoms. The molecule has 10 heteroatoms. The first-order valence-electron chi connectivity index (χ1n) is 9.62. The van der Waals surface area contributed by atoms with Crippen LogP contribution in [0, 0.1) is 17.0 Å². The lowest BCUT2D eigenvalue weighted by Gasteiger charge is -2.11. The molecule has 4 rings (SSSR count). The molecule has 0 aliphatic rings. The number of aryl methyl sites for hydroxylation is 1. The Morgan fingerprint density at radius 1 is 1.06 bits per heavy atom. The van der Waals surface area contributed by atoms with Crippen molar-refractivity contribution in [2.45, 2.75) is 12.1 Å². The lowest BCUT2D eigenvalue weighted by Crippen LogP contribution is -2.15. The minimum absolute atomic E-state index is 0.00634. The topological polar surface area (TPSA) is 116 Å². The smallest absolute Gasteiger partial charge is 0.292 e. The normalized spacial score (nSPS) is 10.7. The van der Waals surface area contributed by atoms with E-state index >= 15 is 0 Å². The molecule has 9 nitrogen and oxygen atoms in total. The van der Waals surface area contributed by atoms with Crippen LogP contribution >= 0.6 is 11.8 Å². The molecule has 0 fully saturated rings. The number of anilines is 1. The summed E-state index contributed by atoms with van der Waals surface area (Å²) in [6.45, 7) is 2.00. The highest BCUT2D eigenvalue weighted by Gasteiger charge is 2.19. The number of para-hydroxylation sites is 2. The van der Waals surface area contributed by atoms with E-state index in [2.05, 4.69) is 20.5 Å². The number of aromatic nitrogens is 4. The second kappa shape index (κ2) is 9.40. The van der Waals surface area contributed by atoms with Gasteiger partial charge in [0.2, 0.25) is 5.91 Å². The van der Waals surface area contributed by atoms with Gasteiger partial charge in [0.1, 0.15) is 5.69 Å². The van der Waals surface area contributed by atoms with Crippen molar-refractivity contribution in [2.24, 2.45) is 0 Å². The summed E-state index contributed by atoms with van der Waals surface area (Å²) in [4.78, 5) is 27.2. The summed E-state index contributed by atoms with van der Waals surface area (Å²) in [7, 11) is 0. The van der Waals surface area contributed by atoms with E-state index in [1.165, 1.54) is 23.9 Å². The SMILES string of the molecule is Cc1ccc(-n2c(SCC(=O)Nc3ccccc3[N+](=O)[O-])nnc2-c2ccncc2)cc1. The number of nitro groups is 1. The second-order valence-corrected chi connectivity index (χ2v) is 7.77. The maximum Gasteiger partial charge on any atom is 0.292 e. The Labute approximate surface area is 187 Å². The van der Waals surface area contributed by atoms with Gasteiger partial charge in [0.05, 0.1) is 10.7 Å². The minimum atomic E-state index is -0.530. The molecule has 0 saturated carbocycles. The number of nitrogens with one attached hydrogen (secondary N) is 1. The summed E-state index contributed by atoms with van der Waals surface area (Å²) in [5.41, 5.74) is 2.80. The highest BCUT2D eigenvalue weighted by molar-refractivity contribution is 7.99. The van der Waals surface area contributed by atoms with Crippen molar-refractivity contribution in [3.63, 3.8) is 0 Å². The van der Waals surface area contributed by atoms with Crippen LogP contribution < -0.4 is 5.32 Å². The first kappa shape index (κ1) is 21.2. The standard InChI is InChI=1S/C22H18N6O3S/c1-15-6-8-17(9-7-15)27-21(16-10-12-23-13-11-16)25-26-22(27)32-14-20(29)24-18-4-2-3-5-19(18)28(30)31/h2-13H,14H2,1H3,(H,24,29). The van der Waals surface area contributed by atoms with E-state index in [0.717, 1.165) is 16.8 Å². The maximum absolute atomic E-state index is 12.5. The number of hydrogen-bond donors (Lipinski definition) is 1. The molecule has 0 bridgehead atoms. The Morgan fingerprint density at radius 3 is 2.50 bits per heavy atom. The molecular weight excluding hydrogens is 428 g/mol. The summed E-state index contributed by atoms with van der Waals surface area (Å²) < 4.78 is 1.87. The van der Waals surface area contributed by atoms with Crippen molar-refractivity contribution in [2.75, 3.05) is 11.1 Å². The monoisotopic (exact) mass is 446 g/mol. The number of nitro benzene ring substituents is 1. The van der Waals surface area contributed by atoms with Gasteiger partial charge in [0.25, 0.3) is 5.69 Å². The van der Waals surface area contributed by atoms with Crippen LogP contribution in [0.25, 0.3) is 17.1 Å². The van der Waals surface area contributed by atoms with E-state index in [9.17, 15) is 14.9 Å². The van der Waals surface area contributed by atoms with Gasteiger partial charge in [-0.1, -0.05) is 41.6 Å². The Bertz CT molecular complexity index is 1260. The molecule has 0 saturated heterocycles. The molecule has 0 spiro atoms. The van der Waals surface area contributed by atoms with Gasteiger partial charge < -0.3 is 5.32 Å². The van der Waals surface area contributed by atoms with Crippen LogP contribution in [0.4, 0.5) is 11.4 Å². The third kappa shape index (κ3) is 4.65. The molecule has 2 aromatic carbocycles. The van der Waals surface area contributed by atoms with E-state index < -0.39 is 4.92 Å². The summed E-state index contributed by atoms with van der Waals surface area (Å²) in [5, 5.41) is 22.9. The predicted octanol–water partition coefficient (Wildman–Crippen LogP) is 4.28. The molecule has 1 N–H and O–H groups in total. The number of benzene rings is 2. The number of rotatable bonds is 7. The van der Waals surface area contributed by atoms with Crippen molar-refractivity contribution in [1.29, 1.82) is 0 Å². The highest BCUT2D eigenvalue weighted by atomic mass is 32.2. The van der Waals surface area contributed by atoms with Gasteiger partial charge in [0.15, 0.2) is 11.0 Å². The summed E-state index contributed by atoms with van der Waals surface area (Å²) >= 11 is 1.20. The van der Waals surface area contributed by atoms with Crippen LogP contribution in [0.1, 0.15) is 5.56 Å². The molecule has 0 unspecified atom stereocenters. The van der Waals surface area contributed by atoms with Gasteiger partial charge in [-0.15, -0.1) is 10.2 Å². The van der Waals surface area contributed by atoms with Crippen LogP contribution in [0.5, 0.6) is 0 Å². The van der Waals surface area contributed by atoms with E-state index in [-0.39, 0.29) is 23.0 Å². The van der Waals surface area contributed by atoms with Crippen LogP contribution in [-0.4, -0.2) is 36.3 Å². The number of hydrogen-bond acceptors (Lipinski definition) is 7. The summed E-state index contributed by atoms with van der Waals surface area (Å²) in [6, 6.07) is 17.6. The largest absolute Gasteiger partial charge is 0.320 e. The number of carbonyl (C=O) groups excluding carboxylic acids is 1. The molecule has 2 heterocycles. The Balaban J connectivity index is 1.59. The number of nitrogens with zero attached hydrogens (tertiary/aromatic N) is 5. The van der Waals surface area contributed by atoms with Crippen LogP contribution in [-0.2, 0) is 4.79 Å². The fraction of sp³-hybridized carbons (Fsp3) is 0.0909. The average Bonchev–Trinajstić information content (AvgIpc) is 3.23. The molecule has 1 amide bonds.